The van der Waals surface area contributed by atoms with Crippen LogP contribution in [0.2, 0.25) is 0 Å². The van der Waals surface area contributed by atoms with Crippen LogP contribution < -0.4 is 4.74 Å². The Labute approximate surface area is 129 Å². The Morgan fingerprint density at radius 3 is 2.74 bits per heavy atom. The van der Waals surface area contributed by atoms with Crippen molar-refractivity contribution in [2.24, 2.45) is 0 Å². The van der Waals surface area contributed by atoms with Crippen molar-refractivity contribution < 1.29 is 18.6 Å². The highest BCUT2D eigenvalue weighted by Crippen LogP contribution is 2.21. The first-order valence-corrected chi connectivity index (χ1v) is 6.57. The number of nitro groups is 1. The van der Waals surface area contributed by atoms with E-state index in [0.29, 0.717) is 11.3 Å². The van der Waals surface area contributed by atoms with E-state index in [-0.39, 0.29) is 29.8 Å². The third-order valence-corrected chi connectivity index (χ3v) is 2.96. The summed E-state index contributed by atoms with van der Waals surface area (Å²) in [7, 11) is 0. The van der Waals surface area contributed by atoms with Crippen molar-refractivity contribution in [3.05, 3.63) is 70.3 Å². The zero-order valence-corrected chi connectivity index (χ0v) is 11.7. The van der Waals surface area contributed by atoms with Gasteiger partial charge in [-0.15, -0.1) is 0 Å². The minimum Gasteiger partial charge on any atom is -0.485 e. The van der Waals surface area contributed by atoms with Gasteiger partial charge >= 0.3 is 0 Å². The van der Waals surface area contributed by atoms with Gasteiger partial charge in [-0.1, -0.05) is 11.2 Å². The maximum Gasteiger partial charge on any atom is 0.273 e. The second-order valence-electron chi connectivity index (χ2n) is 4.57. The normalized spacial score (nSPS) is 10.5. The molecule has 7 nitrogen and oxygen atoms in total. The van der Waals surface area contributed by atoms with Gasteiger partial charge in [-0.2, -0.15) is 4.98 Å². The minimum atomic E-state index is -0.506. The molecular formula is C15H10FN3O4. The van der Waals surface area contributed by atoms with E-state index >= 15 is 0 Å². The highest BCUT2D eigenvalue weighted by atomic mass is 19.1. The summed E-state index contributed by atoms with van der Waals surface area (Å²) in [6.45, 7) is -0.00807. The Bertz CT molecular complexity index is 833. The second-order valence-corrected chi connectivity index (χ2v) is 4.57. The van der Waals surface area contributed by atoms with Crippen molar-refractivity contribution in [3.8, 4) is 17.2 Å². The fourth-order valence-corrected chi connectivity index (χ4v) is 1.86. The van der Waals surface area contributed by atoms with E-state index in [9.17, 15) is 14.5 Å². The monoisotopic (exact) mass is 315 g/mol. The van der Waals surface area contributed by atoms with E-state index < -0.39 is 4.92 Å². The van der Waals surface area contributed by atoms with Gasteiger partial charge in [-0.3, -0.25) is 10.1 Å². The van der Waals surface area contributed by atoms with E-state index in [0.717, 1.165) is 0 Å². The number of benzene rings is 2. The maximum atomic E-state index is 12.9. The molecule has 0 atom stereocenters. The first-order chi connectivity index (χ1) is 11.1. The number of nitrogens with zero attached hydrogens (tertiary/aromatic N) is 3. The van der Waals surface area contributed by atoms with Gasteiger partial charge in [-0.05, 0) is 30.3 Å². The summed E-state index contributed by atoms with van der Waals surface area (Å²) < 4.78 is 23.3. The smallest absolute Gasteiger partial charge is 0.273 e. The Kier molecular flexibility index (Phi) is 3.96. The van der Waals surface area contributed by atoms with Crippen molar-refractivity contribution in [2.75, 3.05) is 0 Å². The molecule has 0 N–H and O–H groups in total. The lowest BCUT2D eigenvalue weighted by Crippen LogP contribution is -1.98. The molecule has 1 heterocycles. The van der Waals surface area contributed by atoms with Gasteiger partial charge < -0.3 is 9.26 Å². The van der Waals surface area contributed by atoms with Crippen molar-refractivity contribution in [1.29, 1.82) is 0 Å². The van der Waals surface area contributed by atoms with Crippen LogP contribution >= 0.6 is 0 Å². The number of non-ortho nitro benzene ring substituents is 1. The Balaban J connectivity index is 1.69. The van der Waals surface area contributed by atoms with Crippen LogP contribution in [-0.4, -0.2) is 15.1 Å². The molecule has 3 aromatic rings. The summed E-state index contributed by atoms with van der Waals surface area (Å²) in [5.41, 5.74) is 0.517. The van der Waals surface area contributed by atoms with Gasteiger partial charge in [0.15, 0.2) is 6.61 Å². The van der Waals surface area contributed by atoms with E-state index in [2.05, 4.69) is 10.1 Å². The van der Waals surface area contributed by atoms with Gasteiger partial charge in [0.05, 0.1) is 11.0 Å². The van der Waals surface area contributed by atoms with Gasteiger partial charge in [0.2, 0.25) is 5.82 Å². The first-order valence-electron chi connectivity index (χ1n) is 6.57. The number of ether oxygens (including phenoxy) is 1. The molecular weight excluding hydrogens is 305 g/mol. The third-order valence-electron chi connectivity index (χ3n) is 2.96. The van der Waals surface area contributed by atoms with Crippen molar-refractivity contribution in [2.45, 2.75) is 6.61 Å². The molecule has 0 spiro atoms. The van der Waals surface area contributed by atoms with Crippen LogP contribution in [0.5, 0.6) is 5.75 Å². The van der Waals surface area contributed by atoms with Crippen molar-refractivity contribution >= 4 is 5.69 Å². The van der Waals surface area contributed by atoms with Crippen LogP contribution in [0.25, 0.3) is 11.5 Å². The zero-order chi connectivity index (χ0) is 16.2. The maximum absolute atomic E-state index is 12.9. The molecule has 2 aromatic carbocycles. The molecule has 0 aliphatic carbocycles. The van der Waals surface area contributed by atoms with Crippen molar-refractivity contribution in [1.82, 2.24) is 10.1 Å². The van der Waals surface area contributed by atoms with E-state index in [1.54, 1.807) is 6.07 Å². The molecule has 0 amide bonds. The Hall–Kier alpha value is -3.29. The van der Waals surface area contributed by atoms with Crippen LogP contribution in [0.4, 0.5) is 10.1 Å². The summed E-state index contributed by atoms with van der Waals surface area (Å²) in [6.07, 6.45) is 0. The molecule has 8 heteroatoms. The van der Waals surface area contributed by atoms with Crippen molar-refractivity contribution in [3.63, 3.8) is 0 Å². The average molecular weight is 315 g/mol. The van der Waals surface area contributed by atoms with Gasteiger partial charge in [-0.25, -0.2) is 4.39 Å². The predicted octanol–water partition coefficient (Wildman–Crippen LogP) is 3.36. The number of hydrogen-bond acceptors (Lipinski definition) is 6. The number of hydrogen-bond donors (Lipinski definition) is 0. The summed E-state index contributed by atoms with van der Waals surface area (Å²) in [5, 5.41) is 14.4. The highest BCUT2D eigenvalue weighted by molar-refractivity contribution is 5.52. The average Bonchev–Trinajstić information content (AvgIpc) is 3.03. The van der Waals surface area contributed by atoms with Gasteiger partial charge in [0, 0.05) is 11.6 Å². The minimum absolute atomic E-state index is 0.00807. The number of aromatic nitrogens is 2. The standard InChI is InChI=1S/C15H10FN3O4/c16-11-6-4-10(5-7-11)15-17-14(18-23-15)9-22-13-3-1-2-12(8-13)19(20)21/h1-8H,9H2. The fourth-order valence-electron chi connectivity index (χ4n) is 1.86. The summed E-state index contributed by atoms with van der Waals surface area (Å²) in [5.74, 6) is 0.480. The quantitative estimate of drug-likeness (QED) is 0.529. The number of halogens is 1. The van der Waals surface area contributed by atoms with Gasteiger partial charge in [0.25, 0.3) is 11.6 Å². The molecule has 0 bridgehead atoms. The summed E-state index contributed by atoms with van der Waals surface area (Å²) in [4.78, 5) is 14.3. The lowest BCUT2D eigenvalue weighted by Gasteiger charge is -2.02. The zero-order valence-electron chi connectivity index (χ0n) is 11.7. The highest BCUT2D eigenvalue weighted by Gasteiger charge is 2.11. The molecule has 0 aliphatic heterocycles. The van der Waals surface area contributed by atoms with Crippen LogP contribution in [0.3, 0.4) is 0 Å². The van der Waals surface area contributed by atoms with E-state index in [4.69, 9.17) is 9.26 Å². The van der Waals surface area contributed by atoms with Crippen LogP contribution in [0.1, 0.15) is 5.82 Å². The second kappa shape index (κ2) is 6.22. The predicted molar refractivity (Wildman–Crippen MR) is 77.1 cm³/mol. The molecule has 1 aromatic heterocycles. The largest absolute Gasteiger partial charge is 0.485 e. The molecule has 0 saturated heterocycles. The van der Waals surface area contributed by atoms with Crippen LogP contribution in [0.15, 0.2) is 53.1 Å². The first kappa shape index (κ1) is 14.6. The van der Waals surface area contributed by atoms with Gasteiger partial charge in [0.1, 0.15) is 11.6 Å². The Morgan fingerprint density at radius 2 is 2.00 bits per heavy atom. The summed E-state index contributed by atoms with van der Waals surface area (Å²) >= 11 is 0. The van der Waals surface area contributed by atoms with Crippen LogP contribution in [0, 0.1) is 15.9 Å². The molecule has 0 radical (unpaired) electrons. The topological polar surface area (TPSA) is 91.3 Å². The molecule has 0 aliphatic rings. The molecule has 3 rings (SSSR count). The van der Waals surface area contributed by atoms with E-state index in [1.807, 2.05) is 0 Å². The lowest BCUT2D eigenvalue weighted by molar-refractivity contribution is -0.384. The fraction of sp³-hybridized carbons (Fsp3) is 0.0667. The summed E-state index contributed by atoms with van der Waals surface area (Å²) in [6, 6.07) is 11.4. The molecule has 116 valence electrons. The van der Waals surface area contributed by atoms with Crippen LogP contribution in [-0.2, 0) is 6.61 Å². The Morgan fingerprint density at radius 1 is 1.22 bits per heavy atom. The SMILES string of the molecule is O=[N+]([O-])c1cccc(OCc2noc(-c3ccc(F)cc3)n2)c1. The lowest BCUT2D eigenvalue weighted by atomic mass is 10.2. The van der Waals surface area contributed by atoms with E-state index in [1.165, 1.54) is 42.5 Å². The molecule has 23 heavy (non-hydrogen) atoms. The molecule has 0 unspecified atom stereocenters. The number of rotatable bonds is 5. The molecule has 0 saturated carbocycles. The third kappa shape index (κ3) is 3.49. The molecule has 0 fully saturated rings. The number of nitro benzene ring substituents is 1.